The normalized spacial score (nSPS) is 14.5. The summed E-state index contributed by atoms with van der Waals surface area (Å²) in [5.41, 5.74) is 0. The number of carbonyl (C=O) groups is 4. The van der Waals surface area contributed by atoms with Gasteiger partial charge in [0.05, 0.1) is 26.4 Å². The molecule has 0 heterocycles. The number of carbonyl (C=O) groups excluding carboxylic acids is 4. The molecule has 0 radical (unpaired) electrons. The van der Waals surface area contributed by atoms with Crippen LogP contribution in [0.3, 0.4) is 0 Å². The molecular weight excluding hydrogens is 1220 g/mol. The summed E-state index contributed by atoms with van der Waals surface area (Å²) in [7, 11) is -9.91. The Hall–Kier alpha value is -2.46. The van der Waals surface area contributed by atoms with Gasteiger partial charge >= 0.3 is 39.5 Å². The first-order chi connectivity index (χ1) is 45.1. The van der Waals surface area contributed by atoms with Gasteiger partial charge in [0.25, 0.3) is 0 Å². The van der Waals surface area contributed by atoms with Crippen molar-refractivity contribution in [3.05, 3.63) is 24.3 Å². The topological polar surface area (TPSA) is 237 Å². The lowest BCUT2D eigenvalue weighted by Gasteiger charge is -2.21. The van der Waals surface area contributed by atoms with Gasteiger partial charge in [0.15, 0.2) is 12.2 Å². The summed E-state index contributed by atoms with van der Waals surface area (Å²) in [6.45, 7) is 7.24. The third-order valence-electron chi connectivity index (χ3n) is 17.0. The molecule has 0 amide bonds. The predicted octanol–water partition coefficient (Wildman–Crippen LogP) is 21.2. The molecule has 0 aliphatic heterocycles. The van der Waals surface area contributed by atoms with Crippen molar-refractivity contribution in [1.82, 2.24) is 0 Å². The second-order valence-electron chi connectivity index (χ2n) is 26.2. The molecule has 0 fully saturated rings. The number of phosphoric acid groups is 2. The number of aliphatic hydroxyl groups is 1. The van der Waals surface area contributed by atoms with Crippen molar-refractivity contribution >= 4 is 39.5 Å². The third kappa shape index (κ3) is 66.6. The van der Waals surface area contributed by atoms with Crippen LogP contribution in [0.2, 0.25) is 0 Å². The standard InChI is InChI=1S/C74H140O17P2/c1-6-10-13-16-19-22-24-25-26-30-34-38-43-48-53-58-72(77)85-64-70(91-74(79)60-55-50-45-40-35-31-28-27-29-33-37-41-46-51-56-67(5)9-4)66-89-93(82,83)87-62-68(75)61-86-92(80,81)88-65-69(63-84-71(76)57-52-47-42-36-21-18-15-12-8-3)90-73(78)59-54-49-44-39-32-23-20-17-14-11-7-2/h22,24-26,67-70,75H,6-21,23,27-66H2,1-5H3,(H,80,81)(H,82,83)/b24-22-,26-25-/t67?,68-,69+,70+/m0/s1. The van der Waals surface area contributed by atoms with Crippen molar-refractivity contribution in [3.8, 4) is 0 Å². The Kier molecular flexibility index (Phi) is 65.0. The maximum absolute atomic E-state index is 13.1. The van der Waals surface area contributed by atoms with Gasteiger partial charge in [-0.3, -0.25) is 37.3 Å². The van der Waals surface area contributed by atoms with Gasteiger partial charge in [-0.1, -0.05) is 309 Å². The summed E-state index contributed by atoms with van der Waals surface area (Å²) < 4.78 is 68.3. The lowest BCUT2D eigenvalue weighted by atomic mass is 9.99. The molecule has 6 atom stereocenters. The fraction of sp³-hybridized carbons (Fsp3) is 0.892. The molecule has 0 aliphatic carbocycles. The zero-order chi connectivity index (χ0) is 68.4. The van der Waals surface area contributed by atoms with E-state index in [-0.39, 0.29) is 25.7 Å². The molecule has 3 unspecified atom stereocenters. The molecule has 0 bridgehead atoms. The average molecular weight is 1360 g/mol. The molecule has 0 saturated heterocycles. The molecule has 19 heteroatoms. The molecule has 0 spiro atoms. The number of rotatable bonds is 72. The Morgan fingerprint density at radius 2 is 0.602 bits per heavy atom. The maximum atomic E-state index is 13.1. The van der Waals surface area contributed by atoms with E-state index in [4.69, 9.17) is 37.0 Å². The third-order valence-corrected chi connectivity index (χ3v) is 18.9. The second kappa shape index (κ2) is 66.8. The SMILES string of the molecule is CCCCCC/C=C\C=C/CCCCCCCC(=O)OC[C@H](COP(=O)(O)OC[C@@H](O)COP(=O)(O)OC[C@@H](COC(=O)CCCCCCCCCCC)OC(=O)CCCCCCCCCCCCC)OC(=O)CCCCCCCCCCCCCCCCC(C)CC. The van der Waals surface area contributed by atoms with E-state index in [0.717, 1.165) is 115 Å². The van der Waals surface area contributed by atoms with Gasteiger partial charge in [0, 0.05) is 25.7 Å². The zero-order valence-corrected chi connectivity index (χ0v) is 61.7. The van der Waals surface area contributed by atoms with E-state index in [9.17, 15) is 43.2 Å². The quantitative estimate of drug-likeness (QED) is 0.0169. The molecule has 0 aliphatic rings. The summed E-state index contributed by atoms with van der Waals surface area (Å²) in [6, 6.07) is 0. The van der Waals surface area contributed by atoms with Gasteiger partial charge in [-0.05, 0) is 57.3 Å². The van der Waals surface area contributed by atoms with E-state index >= 15 is 0 Å². The van der Waals surface area contributed by atoms with Crippen LogP contribution in [0.1, 0.15) is 362 Å². The van der Waals surface area contributed by atoms with Gasteiger partial charge in [-0.2, -0.15) is 0 Å². The summed E-state index contributed by atoms with van der Waals surface area (Å²) >= 11 is 0. The minimum absolute atomic E-state index is 0.101. The number of hydrogen-bond donors (Lipinski definition) is 3. The van der Waals surface area contributed by atoms with Crippen LogP contribution in [-0.2, 0) is 65.4 Å². The molecule has 548 valence electrons. The van der Waals surface area contributed by atoms with E-state index in [1.54, 1.807) is 0 Å². The van der Waals surface area contributed by atoms with Crippen LogP contribution in [0.5, 0.6) is 0 Å². The van der Waals surface area contributed by atoms with Crippen LogP contribution in [0.4, 0.5) is 0 Å². The van der Waals surface area contributed by atoms with E-state index in [0.29, 0.717) is 25.7 Å². The Morgan fingerprint density at radius 1 is 0.344 bits per heavy atom. The minimum Gasteiger partial charge on any atom is -0.462 e. The number of ether oxygens (including phenoxy) is 4. The van der Waals surface area contributed by atoms with Gasteiger partial charge < -0.3 is 33.8 Å². The maximum Gasteiger partial charge on any atom is 0.472 e. The van der Waals surface area contributed by atoms with Crippen LogP contribution < -0.4 is 0 Å². The molecule has 93 heavy (non-hydrogen) atoms. The van der Waals surface area contributed by atoms with E-state index in [1.165, 1.54) is 167 Å². The molecule has 0 aromatic carbocycles. The molecule has 3 N–H and O–H groups in total. The zero-order valence-electron chi connectivity index (χ0n) is 59.9. The highest BCUT2D eigenvalue weighted by Gasteiger charge is 2.30. The Labute approximate surface area is 567 Å². The van der Waals surface area contributed by atoms with Crippen LogP contribution in [0.25, 0.3) is 0 Å². The largest absolute Gasteiger partial charge is 0.472 e. The smallest absolute Gasteiger partial charge is 0.462 e. The van der Waals surface area contributed by atoms with Gasteiger partial charge in [0.1, 0.15) is 19.3 Å². The van der Waals surface area contributed by atoms with Crippen molar-refractivity contribution in [3.63, 3.8) is 0 Å². The fourth-order valence-electron chi connectivity index (χ4n) is 10.8. The van der Waals surface area contributed by atoms with Crippen molar-refractivity contribution in [2.24, 2.45) is 5.92 Å². The first-order valence-electron chi connectivity index (χ1n) is 38.0. The van der Waals surface area contributed by atoms with Crippen LogP contribution in [0.15, 0.2) is 24.3 Å². The Balaban J connectivity index is 5.26. The van der Waals surface area contributed by atoms with Crippen molar-refractivity contribution in [1.29, 1.82) is 0 Å². The number of esters is 4. The van der Waals surface area contributed by atoms with Crippen molar-refractivity contribution < 1.29 is 80.2 Å². The van der Waals surface area contributed by atoms with Gasteiger partial charge in [0.2, 0.25) is 0 Å². The number of unbranched alkanes of at least 4 members (excludes halogenated alkanes) is 40. The van der Waals surface area contributed by atoms with Crippen LogP contribution in [0, 0.1) is 5.92 Å². The van der Waals surface area contributed by atoms with E-state index < -0.39 is 97.5 Å². The second-order valence-corrected chi connectivity index (χ2v) is 29.1. The highest BCUT2D eigenvalue weighted by atomic mass is 31.2. The van der Waals surface area contributed by atoms with Crippen LogP contribution >= 0.6 is 15.6 Å². The van der Waals surface area contributed by atoms with Gasteiger partial charge in [-0.15, -0.1) is 0 Å². The monoisotopic (exact) mass is 1360 g/mol. The summed E-state index contributed by atoms with van der Waals surface area (Å²) in [5, 5.41) is 10.6. The lowest BCUT2D eigenvalue weighted by Crippen LogP contribution is -2.30. The summed E-state index contributed by atoms with van der Waals surface area (Å²) in [6.07, 6.45) is 57.5. The molecule has 0 rings (SSSR count). The Bertz CT molecular complexity index is 1880. The first kappa shape index (κ1) is 90.5. The number of phosphoric ester groups is 2. The molecule has 17 nitrogen and oxygen atoms in total. The molecule has 0 aromatic rings. The van der Waals surface area contributed by atoms with Crippen LogP contribution in [-0.4, -0.2) is 96.7 Å². The van der Waals surface area contributed by atoms with Gasteiger partial charge in [-0.25, -0.2) is 9.13 Å². The summed E-state index contributed by atoms with van der Waals surface area (Å²) in [4.78, 5) is 72.6. The number of aliphatic hydroxyl groups excluding tert-OH is 1. The number of hydrogen-bond acceptors (Lipinski definition) is 15. The first-order valence-corrected chi connectivity index (χ1v) is 41.0. The fourth-order valence-corrected chi connectivity index (χ4v) is 12.4. The van der Waals surface area contributed by atoms with Crippen molar-refractivity contribution in [2.75, 3.05) is 39.6 Å². The minimum atomic E-state index is -4.96. The highest BCUT2D eigenvalue weighted by molar-refractivity contribution is 7.47. The Morgan fingerprint density at radius 3 is 0.914 bits per heavy atom. The van der Waals surface area contributed by atoms with E-state index in [2.05, 4.69) is 58.9 Å². The highest BCUT2D eigenvalue weighted by Crippen LogP contribution is 2.45. The summed E-state index contributed by atoms with van der Waals surface area (Å²) in [5.74, 6) is -1.30. The molecule has 0 aromatic heterocycles. The van der Waals surface area contributed by atoms with Crippen molar-refractivity contribution in [2.45, 2.75) is 380 Å². The average Bonchev–Trinajstić information content (AvgIpc) is 3.39. The predicted molar refractivity (Wildman–Crippen MR) is 377 cm³/mol. The molecule has 0 saturated carbocycles. The molecular formula is C74H140O17P2. The lowest BCUT2D eigenvalue weighted by molar-refractivity contribution is -0.161. The number of allylic oxidation sites excluding steroid dienone is 4. The van der Waals surface area contributed by atoms with E-state index in [1.807, 2.05) is 0 Å².